The Morgan fingerprint density at radius 2 is 2.29 bits per heavy atom. The molecule has 7 nitrogen and oxygen atoms in total. The van der Waals surface area contributed by atoms with Crippen LogP contribution in [0.4, 0.5) is 0 Å². The number of morpholine rings is 1. The molecule has 0 aliphatic carbocycles. The summed E-state index contributed by atoms with van der Waals surface area (Å²) in [6, 6.07) is 9.54. The molecule has 1 saturated heterocycles. The second kappa shape index (κ2) is 6.47. The normalized spacial score (nSPS) is 18.4. The molecule has 2 N–H and O–H groups in total. The van der Waals surface area contributed by atoms with Crippen LogP contribution in [-0.4, -0.2) is 53.0 Å². The maximum atomic E-state index is 12.0. The van der Waals surface area contributed by atoms with Crippen molar-refractivity contribution in [2.24, 2.45) is 0 Å². The maximum Gasteiger partial charge on any atom is 0.291 e. The number of ether oxygens (including phenoxy) is 1. The molecule has 1 atom stereocenters. The quantitative estimate of drug-likeness (QED) is 0.826. The smallest absolute Gasteiger partial charge is 0.291 e. The van der Waals surface area contributed by atoms with Crippen molar-refractivity contribution in [1.82, 2.24) is 25.4 Å². The Labute approximate surface area is 122 Å². The lowest BCUT2D eigenvalue weighted by Crippen LogP contribution is -2.45. The van der Waals surface area contributed by atoms with Gasteiger partial charge in [0.05, 0.1) is 18.4 Å². The average molecular weight is 287 g/mol. The van der Waals surface area contributed by atoms with E-state index in [1.807, 2.05) is 30.3 Å². The van der Waals surface area contributed by atoms with Crippen molar-refractivity contribution in [2.75, 3.05) is 26.2 Å². The Hall–Kier alpha value is -2.25. The molecule has 21 heavy (non-hydrogen) atoms. The molecule has 1 aliphatic rings. The standard InChI is InChI=1S/C14H17N5O2/c20-14(16-9-12-8-15-6-7-21-12)13-17-10-19(18-13)11-4-2-1-3-5-11/h1-5,10,12,15H,6-9H2,(H,16,20). The molecule has 110 valence electrons. The second-order valence-corrected chi connectivity index (χ2v) is 4.76. The first-order chi connectivity index (χ1) is 10.3. The summed E-state index contributed by atoms with van der Waals surface area (Å²) in [6.07, 6.45) is 1.53. The van der Waals surface area contributed by atoms with Crippen molar-refractivity contribution in [2.45, 2.75) is 6.10 Å². The van der Waals surface area contributed by atoms with Crippen LogP contribution in [0.1, 0.15) is 10.6 Å². The van der Waals surface area contributed by atoms with Crippen LogP contribution >= 0.6 is 0 Å². The highest BCUT2D eigenvalue weighted by Gasteiger charge is 2.17. The van der Waals surface area contributed by atoms with Gasteiger partial charge in [0.25, 0.3) is 5.91 Å². The number of benzene rings is 1. The number of para-hydroxylation sites is 1. The molecule has 1 aliphatic heterocycles. The molecule has 0 spiro atoms. The van der Waals surface area contributed by atoms with Crippen LogP contribution in [0.15, 0.2) is 36.7 Å². The van der Waals surface area contributed by atoms with Crippen molar-refractivity contribution in [3.05, 3.63) is 42.5 Å². The van der Waals surface area contributed by atoms with Crippen LogP contribution in [-0.2, 0) is 4.74 Å². The van der Waals surface area contributed by atoms with E-state index in [1.165, 1.54) is 6.33 Å². The number of nitrogens with zero attached hydrogens (tertiary/aromatic N) is 3. The first kappa shape index (κ1) is 13.7. The molecule has 3 rings (SSSR count). The summed E-state index contributed by atoms with van der Waals surface area (Å²) < 4.78 is 7.09. The fourth-order valence-electron chi connectivity index (χ4n) is 2.11. The van der Waals surface area contributed by atoms with Gasteiger partial charge in [-0.05, 0) is 12.1 Å². The van der Waals surface area contributed by atoms with Crippen LogP contribution in [0.5, 0.6) is 0 Å². The molecule has 1 aromatic carbocycles. The van der Waals surface area contributed by atoms with Gasteiger partial charge in [-0.3, -0.25) is 4.79 Å². The van der Waals surface area contributed by atoms with E-state index in [-0.39, 0.29) is 17.8 Å². The fraction of sp³-hybridized carbons (Fsp3) is 0.357. The highest BCUT2D eigenvalue weighted by atomic mass is 16.5. The van der Waals surface area contributed by atoms with Crippen molar-refractivity contribution in [3.63, 3.8) is 0 Å². The van der Waals surface area contributed by atoms with Gasteiger partial charge in [-0.1, -0.05) is 18.2 Å². The number of aromatic nitrogens is 3. The molecule has 7 heteroatoms. The van der Waals surface area contributed by atoms with Crippen LogP contribution in [0, 0.1) is 0 Å². The second-order valence-electron chi connectivity index (χ2n) is 4.76. The van der Waals surface area contributed by atoms with Gasteiger partial charge in [-0.25, -0.2) is 9.67 Å². The Balaban J connectivity index is 1.59. The van der Waals surface area contributed by atoms with E-state index in [9.17, 15) is 4.79 Å². The van der Waals surface area contributed by atoms with Crippen LogP contribution in [0.25, 0.3) is 5.69 Å². The van der Waals surface area contributed by atoms with E-state index >= 15 is 0 Å². The molecule has 2 heterocycles. The summed E-state index contributed by atoms with van der Waals surface area (Å²) in [6.45, 7) is 2.72. The van der Waals surface area contributed by atoms with Crippen molar-refractivity contribution >= 4 is 5.91 Å². The third-order valence-electron chi connectivity index (χ3n) is 3.21. The molecule has 1 amide bonds. The summed E-state index contributed by atoms with van der Waals surface area (Å²) in [5, 5.41) is 10.2. The minimum absolute atomic E-state index is 0.00101. The van der Waals surface area contributed by atoms with Crippen molar-refractivity contribution < 1.29 is 9.53 Å². The lowest BCUT2D eigenvalue weighted by atomic mass is 10.3. The lowest BCUT2D eigenvalue weighted by Gasteiger charge is -2.23. The Morgan fingerprint density at radius 3 is 3.05 bits per heavy atom. The van der Waals surface area contributed by atoms with E-state index in [0.717, 1.165) is 18.8 Å². The zero-order valence-corrected chi connectivity index (χ0v) is 11.5. The molecule has 2 aromatic rings. The zero-order chi connectivity index (χ0) is 14.5. The predicted octanol–water partition coefficient (Wildman–Crippen LogP) is -0.0145. The largest absolute Gasteiger partial charge is 0.374 e. The predicted molar refractivity (Wildman–Crippen MR) is 76.3 cm³/mol. The summed E-state index contributed by atoms with van der Waals surface area (Å²) in [4.78, 5) is 16.0. The van der Waals surface area contributed by atoms with Crippen LogP contribution < -0.4 is 10.6 Å². The number of hydrogen-bond acceptors (Lipinski definition) is 5. The van der Waals surface area contributed by atoms with Gasteiger partial charge in [-0.2, -0.15) is 0 Å². The number of hydrogen-bond donors (Lipinski definition) is 2. The topological polar surface area (TPSA) is 81.1 Å². The van der Waals surface area contributed by atoms with Gasteiger partial charge in [0.1, 0.15) is 6.33 Å². The number of nitrogens with one attached hydrogen (secondary N) is 2. The lowest BCUT2D eigenvalue weighted by molar-refractivity contribution is 0.0286. The van der Waals surface area contributed by atoms with Gasteiger partial charge >= 0.3 is 0 Å². The van der Waals surface area contributed by atoms with Crippen LogP contribution in [0.3, 0.4) is 0 Å². The summed E-state index contributed by atoms with van der Waals surface area (Å²) >= 11 is 0. The summed E-state index contributed by atoms with van der Waals surface area (Å²) in [5.41, 5.74) is 0.865. The SMILES string of the molecule is O=C(NCC1CNCCO1)c1ncn(-c2ccccc2)n1. The molecule has 1 aromatic heterocycles. The Bertz CT molecular complexity index is 592. The molecular weight excluding hydrogens is 270 g/mol. The van der Waals surface area contributed by atoms with Crippen LogP contribution in [0.2, 0.25) is 0 Å². The van der Waals surface area contributed by atoms with Crippen molar-refractivity contribution in [1.29, 1.82) is 0 Å². The third-order valence-corrected chi connectivity index (χ3v) is 3.21. The van der Waals surface area contributed by atoms with Gasteiger partial charge in [0.15, 0.2) is 0 Å². The highest BCUT2D eigenvalue weighted by Crippen LogP contribution is 2.04. The molecule has 1 fully saturated rings. The Morgan fingerprint density at radius 1 is 1.43 bits per heavy atom. The molecule has 0 saturated carbocycles. The monoisotopic (exact) mass is 287 g/mol. The number of rotatable bonds is 4. The number of carbonyl (C=O) groups is 1. The minimum Gasteiger partial charge on any atom is -0.374 e. The average Bonchev–Trinajstić information content (AvgIpc) is 3.04. The van der Waals surface area contributed by atoms with E-state index in [4.69, 9.17) is 4.74 Å². The first-order valence-electron chi connectivity index (χ1n) is 6.90. The first-order valence-corrected chi connectivity index (χ1v) is 6.90. The van der Waals surface area contributed by atoms with Crippen molar-refractivity contribution in [3.8, 4) is 5.69 Å². The summed E-state index contributed by atoms with van der Waals surface area (Å²) in [7, 11) is 0. The van der Waals surface area contributed by atoms with E-state index in [0.29, 0.717) is 13.2 Å². The molecule has 1 unspecified atom stereocenters. The van der Waals surface area contributed by atoms with Gasteiger partial charge < -0.3 is 15.4 Å². The molecule has 0 bridgehead atoms. The number of amides is 1. The summed E-state index contributed by atoms with van der Waals surface area (Å²) in [5.74, 6) is -0.138. The van der Waals surface area contributed by atoms with Gasteiger partial charge in [-0.15, -0.1) is 5.10 Å². The number of carbonyl (C=O) groups excluding carboxylic acids is 1. The van der Waals surface area contributed by atoms with E-state index in [2.05, 4.69) is 20.7 Å². The van der Waals surface area contributed by atoms with E-state index < -0.39 is 0 Å². The molecule has 0 radical (unpaired) electrons. The highest BCUT2D eigenvalue weighted by molar-refractivity contribution is 5.90. The van der Waals surface area contributed by atoms with Gasteiger partial charge in [0.2, 0.25) is 5.82 Å². The zero-order valence-electron chi connectivity index (χ0n) is 11.5. The van der Waals surface area contributed by atoms with E-state index in [1.54, 1.807) is 4.68 Å². The maximum absolute atomic E-state index is 12.0. The van der Waals surface area contributed by atoms with Gasteiger partial charge in [0, 0.05) is 19.6 Å². The Kier molecular flexibility index (Phi) is 4.23. The molecular formula is C14H17N5O2. The fourth-order valence-corrected chi connectivity index (χ4v) is 2.11. The third kappa shape index (κ3) is 3.45. The minimum atomic E-state index is -0.293.